The second-order valence-corrected chi connectivity index (χ2v) is 8.67. The maximum absolute atomic E-state index is 13.5. The van der Waals surface area contributed by atoms with E-state index in [0.717, 1.165) is 5.39 Å². The smallest absolute Gasteiger partial charge is 0.282 e. The molecule has 0 atom stereocenters. The molecule has 37 heavy (non-hydrogen) atoms. The third-order valence-electron chi connectivity index (χ3n) is 5.62. The average Bonchev–Trinajstić information content (AvgIpc) is 3.36. The number of hydrogen-bond acceptors (Lipinski definition) is 7. The third kappa shape index (κ3) is 4.55. The van der Waals surface area contributed by atoms with Crippen LogP contribution in [-0.2, 0) is 0 Å². The topological polar surface area (TPSA) is 88.1 Å². The molecule has 5 aromatic rings. The molecular formula is C28H20BrN3O5. The van der Waals surface area contributed by atoms with Gasteiger partial charge in [0.1, 0.15) is 17.9 Å². The summed E-state index contributed by atoms with van der Waals surface area (Å²) in [6.45, 7) is 0.0973. The first-order chi connectivity index (χ1) is 18.0. The van der Waals surface area contributed by atoms with Gasteiger partial charge < -0.3 is 18.6 Å². The molecule has 0 saturated carbocycles. The van der Waals surface area contributed by atoms with E-state index in [0.29, 0.717) is 49.5 Å². The molecule has 9 heteroatoms. The molecule has 0 unspecified atom stereocenters. The van der Waals surface area contributed by atoms with Gasteiger partial charge in [-0.3, -0.25) is 4.79 Å². The van der Waals surface area contributed by atoms with Gasteiger partial charge in [0, 0.05) is 10.0 Å². The van der Waals surface area contributed by atoms with Gasteiger partial charge in [-0.15, -0.1) is 6.42 Å². The molecule has 0 aliphatic rings. The van der Waals surface area contributed by atoms with Gasteiger partial charge in [-0.25, -0.2) is 4.98 Å². The maximum atomic E-state index is 13.5. The normalized spacial score (nSPS) is 11.2. The number of benzene rings is 3. The highest BCUT2D eigenvalue weighted by Crippen LogP contribution is 2.34. The van der Waals surface area contributed by atoms with Crippen LogP contribution in [0.1, 0.15) is 5.56 Å². The van der Waals surface area contributed by atoms with Gasteiger partial charge in [0.25, 0.3) is 5.56 Å². The van der Waals surface area contributed by atoms with Crippen molar-refractivity contribution < 1.29 is 18.6 Å². The van der Waals surface area contributed by atoms with Gasteiger partial charge in [-0.1, -0.05) is 24.1 Å². The Balaban J connectivity index is 1.68. The molecule has 184 valence electrons. The Morgan fingerprint density at radius 2 is 1.86 bits per heavy atom. The lowest BCUT2D eigenvalue weighted by Gasteiger charge is -2.11. The van der Waals surface area contributed by atoms with E-state index >= 15 is 0 Å². The van der Waals surface area contributed by atoms with Crippen LogP contribution in [0.2, 0.25) is 0 Å². The molecule has 0 aliphatic carbocycles. The lowest BCUT2D eigenvalue weighted by Crippen LogP contribution is -2.20. The molecule has 0 aliphatic heterocycles. The van der Waals surface area contributed by atoms with E-state index < -0.39 is 0 Å². The standard InChI is InChI=1S/C28H20BrN3O5/c1-4-12-36-25-15-20(29)17(13-24(25)35-3)16-30-32-27(31-21-9-6-5-8-18(21)28(32)33)26-14-19-22(34-2)10-7-11-23(19)37-26/h1,5-11,13-16H,12H2,2-3H3. The number of terminal acetylenes is 1. The van der Waals surface area contributed by atoms with Crippen LogP contribution in [0.25, 0.3) is 33.5 Å². The van der Waals surface area contributed by atoms with E-state index in [9.17, 15) is 4.79 Å². The number of rotatable bonds is 7. The second-order valence-electron chi connectivity index (χ2n) is 7.81. The van der Waals surface area contributed by atoms with Crippen molar-refractivity contribution in [1.82, 2.24) is 9.66 Å². The predicted octanol–water partition coefficient (Wildman–Crippen LogP) is 5.48. The zero-order valence-electron chi connectivity index (χ0n) is 19.9. The molecule has 3 aromatic carbocycles. The van der Waals surface area contributed by atoms with Crippen molar-refractivity contribution in [2.75, 3.05) is 20.8 Å². The third-order valence-corrected chi connectivity index (χ3v) is 6.31. The minimum Gasteiger partial charge on any atom is -0.496 e. The van der Waals surface area contributed by atoms with E-state index in [2.05, 4.69) is 27.0 Å². The summed E-state index contributed by atoms with van der Waals surface area (Å²) in [5, 5.41) is 5.69. The first-order valence-corrected chi connectivity index (χ1v) is 11.9. The fourth-order valence-corrected chi connectivity index (χ4v) is 4.30. The minimum atomic E-state index is -0.346. The van der Waals surface area contributed by atoms with Gasteiger partial charge in [0.15, 0.2) is 17.3 Å². The largest absolute Gasteiger partial charge is 0.496 e. The zero-order valence-corrected chi connectivity index (χ0v) is 21.5. The average molecular weight is 558 g/mol. The highest BCUT2D eigenvalue weighted by atomic mass is 79.9. The molecule has 0 saturated heterocycles. The summed E-state index contributed by atoms with van der Waals surface area (Å²) in [6.07, 6.45) is 6.83. The Hall–Kier alpha value is -4.55. The number of furan rings is 1. The first kappa shape index (κ1) is 24.2. The first-order valence-electron chi connectivity index (χ1n) is 11.1. The lowest BCUT2D eigenvalue weighted by atomic mass is 10.2. The minimum absolute atomic E-state index is 0.0973. The fourth-order valence-electron chi connectivity index (χ4n) is 3.87. The highest BCUT2D eigenvalue weighted by Gasteiger charge is 2.18. The molecule has 2 aromatic heterocycles. The number of para-hydroxylation sites is 1. The molecule has 0 bridgehead atoms. The number of fused-ring (bicyclic) bond motifs is 2. The van der Waals surface area contributed by atoms with Crippen LogP contribution >= 0.6 is 15.9 Å². The summed E-state index contributed by atoms with van der Waals surface area (Å²) in [6, 6.07) is 17.8. The van der Waals surface area contributed by atoms with Crippen LogP contribution < -0.4 is 19.8 Å². The zero-order chi connectivity index (χ0) is 25.9. The Morgan fingerprint density at radius 3 is 2.65 bits per heavy atom. The fraction of sp³-hybridized carbons (Fsp3) is 0.107. The van der Waals surface area contributed by atoms with Crippen molar-refractivity contribution in [2.24, 2.45) is 5.10 Å². The monoisotopic (exact) mass is 557 g/mol. The summed E-state index contributed by atoms with van der Waals surface area (Å²) in [5.74, 6) is 4.63. The molecule has 5 rings (SSSR count). The predicted molar refractivity (Wildman–Crippen MR) is 146 cm³/mol. The summed E-state index contributed by atoms with van der Waals surface area (Å²) in [5.41, 5.74) is 1.42. The molecular weight excluding hydrogens is 538 g/mol. The Morgan fingerprint density at radius 1 is 1.05 bits per heavy atom. The van der Waals surface area contributed by atoms with Gasteiger partial charge >= 0.3 is 0 Å². The van der Waals surface area contributed by atoms with Crippen LogP contribution in [0.3, 0.4) is 0 Å². The van der Waals surface area contributed by atoms with E-state index in [1.165, 1.54) is 18.0 Å². The van der Waals surface area contributed by atoms with Crippen molar-refractivity contribution in [1.29, 1.82) is 0 Å². The number of ether oxygens (including phenoxy) is 3. The Bertz CT molecular complexity index is 1760. The number of nitrogens with zero attached hydrogens (tertiary/aromatic N) is 3. The molecule has 0 radical (unpaired) electrons. The van der Waals surface area contributed by atoms with Crippen molar-refractivity contribution in [3.05, 3.63) is 81.1 Å². The van der Waals surface area contributed by atoms with Crippen LogP contribution in [0, 0.1) is 12.3 Å². The van der Waals surface area contributed by atoms with E-state index in [-0.39, 0.29) is 18.0 Å². The molecule has 8 nitrogen and oxygen atoms in total. The highest BCUT2D eigenvalue weighted by molar-refractivity contribution is 9.10. The van der Waals surface area contributed by atoms with E-state index in [1.54, 1.807) is 43.5 Å². The summed E-state index contributed by atoms with van der Waals surface area (Å²) >= 11 is 3.52. The van der Waals surface area contributed by atoms with Crippen molar-refractivity contribution in [3.63, 3.8) is 0 Å². The van der Waals surface area contributed by atoms with Gasteiger partial charge in [-0.05, 0) is 58.4 Å². The van der Waals surface area contributed by atoms with Crippen LogP contribution in [-0.4, -0.2) is 36.7 Å². The molecule has 0 N–H and O–H groups in total. The van der Waals surface area contributed by atoms with Crippen molar-refractivity contribution in [2.45, 2.75) is 0 Å². The number of methoxy groups -OCH3 is 2. The Labute approximate surface area is 220 Å². The lowest BCUT2D eigenvalue weighted by molar-refractivity contribution is 0.330. The van der Waals surface area contributed by atoms with Crippen LogP contribution in [0.5, 0.6) is 17.2 Å². The number of hydrogen-bond donors (Lipinski definition) is 0. The van der Waals surface area contributed by atoms with Crippen molar-refractivity contribution >= 4 is 44.0 Å². The quantitative estimate of drug-likeness (QED) is 0.194. The second kappa shape index (κ2) is 10.2. The van der Waals surface area contributed by atoms with Gasteiger partial charge in [0.2, 0.25) is 5.82 Å². The van der Waals surface area contributed by atoms with Gasteiger partial charge in [-0.2, -0.15) is 9.78 Å². The SMILES string of the molecule is C#CCOc1cc(Br)c(C=Nn2c(-c3cc4c(OC)cccc4o3)nc3ccccc3c2=O)cc1OC. The van der Waals surface area contributed by atoms with Crippen LogP contribution in [0.15, 0.2) is 79.4 Å². The van der Waals surface area contributed by atoms with E-state index in [4.69, 9.17) is 30.0 Å². The van der Waals surface area contributed by atoms with Crippen LogP contribution in [0.4, 0.5) is 0 Å². The maximum Gasteiger partial charge on any atom is 0.282 e. The molecule has 2 heterocycles. The summed E-state index contributed by atoms with van der Waals surface area (Å²) in [4.78, 5) is 18.2. The number of halogens is 1. The molecule has 0 fully saturated rings. The summed E-state index contributed by atoms with van der Waals surface area (Å²) in [7, 11) is 3.11. The molecule has 0 spiro atoms. The van der Waals surface area contributed by atoms with Gasteiger partial charge in [0.05, 0.1) is 36.7 Å². The van der Waals surface area contributed by atoms with Crippen molar-refractivity contribution in [3.8, 4) is 41.2 Å². The number of aromatic nitrogens is 2. The van der Waals surface area contributed by atoms with E-state index in [1.807, 2.05) is 24.3 Å². The Kier molecular flexibility index (Phi) is 6.66. The molecule has 0 amide bonds. The summed E-state index contributed by atoms with van der Waals surface area (Å²) < 4.78 is 24.4.